The lowest BCUT2D eigenvalue weighted by atomic mass is 10.0. The summed E-state index contributed by atoms with van der Waals surface area (Å²) in [5, 5.41) is 43.9. The topological polar surface area (TPSA) is 311 Å². The first-order valence-electron chi connectivity index (χ1n) is 22.7. The van der Waals surface area contributed by atoms with Crippen LogP contribution >= 0.6 is 68.4 Å². The van der Waals surface area contributed by atoms with E-state index < -0.39 is 60.3 Å². The zero-order valence-electron chi connectivity index (χ0n) is 40.0. The highest BCUT2D eigenvalue weighted by molar-refractivity contribution is 8.14. The number of carbonyl (C=O) groups excluding carboxylic acids is 5. The van der Waals surface area contributed by atoms with Gasteiger partial charge in [-0.2, -0.15) is 0 Å². The molecular formula is C47H47N13O8S6. The predicted octanol–water partition coefficient (Wildman–Crippen LogP) is 5.29. The number of rotatable bonds is 8. The summed E-state index contributed by atoms with van der Waals surface area (Å²) in [4.78, 5) is 103. The molecule has 8 heterocycles. The lowest BCUT2D eigenvalue weighted by Gasteiger charge is -2.23. The van der Waals surface area contributed by atoms with Crippen molar-refractivity contribution in [1.82, 2.24) is 56.5 Å². The summed E-state index contributed by atoms with van der Waals surface area (Å²) < 4.78 is 5.43. The number of aliphatic hydroxyl groups excluding tert-OH is 1. The molecule has 0 aliphatic carbocycles. The number of amides is 5. The van der Waals surface area contributed by atoms with Crippen LogP contribution in [0.5, 0.6) is 0 Å². The molecule has 0 spiro atoms. The fraction of sp³-hybridized carbons (Fsp3) is 0.319. The highest BCUT2D eigenvalue weighted by Crippen LogP contribution is 2.39. The molecule has 1 unspecified atom stereocenters. The van der Waals surface area contributed by atoms with Gasteiger partial charge in [-0.15, -0.1) is 56.7 Å². The number of thioether (sulfide) groups is 1. The molecule has 10 bridgehead atoms. The Hall–Kier alpha value is -6.27. The number of aliphatic imine (C=N–C) groups is 1. The van der Waals surface area contributed by atoms with Crippen molar-refractivity contribution in [2.24, 2.45) is 16.6 Å². The summed E-state index contributed by atoms with van der Waals surface area (Å²) in [5.41, 5.74) is 8.73. The molecule has 9 N–H and O–H groups in total. The van der Waals surface area contributed by atoms with Crippen LogP contribution in [0.3, 0.4) is 0 Å². The minimum atomic E-state index is -1.78. The number of nitrogens with zero attached hydrogens (tertiary/aromatic N) is 7. The number of pyridine rings is 1. The molecule has 0 saturated heterocycles. The molecule has 74 heavy (non-hydrogen) atoms. The zero-order valence-corrected chi connectivity index (χ0v) is 44.9. The van der Waals surface area contributed by atoms with E-state index >= 15 is 0 Å². The smallest absolute Gasteiger partial charge is 0.271 e. The summed E-state index contributed by atoms with van der Waals surface area (Å²) in [6.07, 6.45) is -1.46. The number of benzene rings is 1. The van der Waals surface area contributed by atoms with Gasteiger partial charge in [0, 0.05) is 40.7 Å². The number of nitrogens with one attached hydrogen (secondary N) is 5. The quantitative estimate of drug-likeness (QED) is 0.0897. The van der Waals surface area contributed by atoms with Gasteiger partial charge in [-0.25, -0.2) is 34.9 Å². The van der Waals surface area contributed by atoms with Gasteiger partial charge < -0.3 is 41.5 Å². The van der Waals surface area contributed by atoms with E-state index in [0.717, 1.165) is 11.3 Å². The van der Waals surface area contributed by atoms with Crippen LogP contribution in [0.1, 0.15) is 112 Å². The summed E-state index contributed by atoms with van der Waals surface area (Å²) in [6, 6.07) is 9.53. The van der Waals surface area contributed by atoms with E-state index in [9.17, 15) is 34.2 Å². The second-order valence-corrected chi connectivity index (χ2v) is 23.1. The number of hydrogen-bond acceptors (Lipinski definition) is 22. The molecule has 9 rings (SSSR count). The number of fused-ring (bicyclic) bond motifs is 14. The van der Waals surface area contributed by atoms with Gasteiger partial charge in [-0.3, -0.25) is 29.7 Å². The van der Waals surface area contributed by atoms with Crippen LogP contribution in [0, 0.1) is 12.8 Å². The molecule has 384 valence electrons. The fourth-order valence-corrected chi connectivity index (χ4v) is 13.4. The number of aromatic nitrogens is 6. The largest absolute Gasteiger partial charge is 0.386 e. The number of hydrogen-bond donors (Lipinski definition) is 8. The van der Waals surface area contributed by atoms with Crippen molar-refractivity contribution in [2.45, 2.75) is 63.9 Å². The van der Waals surface area contributed by atoms with E-state index in [1.165, 1.54) is 71.3 Å². The molecule has 0 radical (unpaired) electrons. The Bertz CT molecular complexity index is 3290. The lowest BCUT2D eigenvalue weighted by molar-refractivity contribution is -0.122. The molecular weight excluding hydrogens is 1070 g/mol. The van der Waals surface area contributed by atoms with Crippen molar-refractivity contribution >= 4 is 103 Å². The minimum absolute atomic E-state index is 0.00637. The highest BCUT2D eigenvalue weighted by atomic mass is 32.2. The van der Waals surface area contributed by atoms with Crippen LogP contribution in [-0.4, -0.2) is 107 Å². The number of thiazole rings is 5. The first-order chi connectivity index (χ1) is 35.5. The van der Waals surface area contributed by atoms with Crippen LogP contribution in [-0.2, 0) is 20.9 Å². The highest BCUT2D eigenvalue weighted by Gasteiger charge is 2.34. The van der Waals surface area contributed by atoms with Crippen molar-refractivity contribution in [2.75, 3.05) is 26.5 Å². The van der Waals surface area contributed by atoms with Crippen LogP contribution in [0.15, 0.2) is 63.6 Å². The molecule has 0 saturated carbocycles. The summed E-state index contributed by atoms with van der Waals surface area (Å²) in [6.45, 7) is 4.99. The molecule has 6 aromatic heterocycles. The molecule has 2 aliphatic heterocycles. The third-order valence-electron chi connectivity index (χ3n) is 11.5. The third-order valence-corrected chi connectivity index (χ3v) is 17.5. The molecule has 0 fully saturated rings. The number of methoxy groups -OCH3 is 1. The molecule has 7 aromatic rings. The zero-order chi connectivity index (χ0) is 52.4. The van der Waals surface area contributed by atoms with Crippen molar-refractivity contribution in [3.8, 4) is 32.7 Å². The van der Waals surface area contributed by atoms with Gasteiger partial charge in [-0.05, 0) is 30.5 Å². The third kappa shape index (κ3) is 11.5. The molecule has 1 aromatic carbocycles. The van der Waals surface area contributed by atoms with E-state index in [1.54, 1.807) is 65.5 Å². The van der Waals surface area contributed by atoms with Crippen LogP contribution < -0.4 is 32.3 Å². The second-order valence-electron chi connectivity index (χ2n) is 17.2. The van der Waals surface area contributed by atoms with Gasteiger partial charge >= 0.3 is 0 Å². The van der Waals surface area contributed by atoms with E-state index in [4.69, 9.17) is 30.4 Å². The van der Waals surface area contributed by atoms with Gasteiger partial charge in [0.15, 0.2) is 0 Å². The Morgan fingerprint density at radius 1 is 0.797 bits per heavy atom. The normalized spacial score (nSPS) is 20.0. The average Bonchev–Trinajstić information content (AvgIpc) is 4.26. The van der Waals surface area contributed by atoms with E-state index in [-0.39, 0.29) is 47.7 Å². The van der Waals surface area contributed by atoms with Gasteiger partial charge in [0.1, 0.15) is 76.4 Å². The molecule has 5 atom stereocenters. The Kier molecular flexibility index (Phi) is 15.8. The standard InChI is InChI=1S/C47H47N13O8S6/c1-20(2)32-46-59-35(29(74-46)15-68-5)39(65)50-14-31(62)56-36(37(63)22-9-7-6-8-10-22)45-55-28(18-71-45)42-53-26(16-70-42)34-23(11-12-24(51-34)44-60-47(48,67)19-72-44)41-54-27(17-69-41)38(64)52-25(13-30(61)49-4)43-58-33(21(3)73-43)40(66)57-32/h6-12,16-18,20,25,32,36-37,63,67H,13-15,19,48H2,1-5H3,(H,49,61)(H,50,65)(H,52,64)(H,56,62)(H,57,66)/t25-,32-,36-,37-,47?/m0/s1. The summed E-state index contributed by atoms with van der Waals surface area (Å²) in [7, 11) is 2.95. The first kappa shape index (κ1) is 52.6. The predicted molar refractivity (Wildman–Crippen MR) is 284 cm³/mol. The average molecular weight is 1110 g/mol. The molecule has 27 heteroatoms. The Labute approximate surface area is 447 Å². The van der Waals surface area contributed by atoms with Crippen LogP contribution in [0.2, 0.25) is 0 Å². The number of nitrogens with two attached hydrogens (primary N) is 1. The van der Waals surface area contributed by atoms with Gasteiger partial charge in [0.2, 0.25) is 17.7 Å². The maximum absolute atomic E-state index is 14.2. The van der Waals surface area contributed by atoms with E-state index in [1.807, 2.05) is 13.8 Å². The van der Waals surface area contributed by atoms with E-state index in [2.05, 4.69) is 41.5 Å². The molecule has 5 amide bonds. The SMILES string of the molecule is CNC(=O)C[C@@H]1NC(=O)c2csc(n2)-c2ccc(C3=NC(N)(O)CS3)nc2-c2csc(n2)-c2csc(n2)[C@H]([C@@H](O)c2ccccc2)NC(=O)CNC(=O)c2nc(sc2COC)[C@H](C(C)C)NC(=O)c2nc1sc2C. The van der Waals surface area contributed by atoms with Crippen molar-refractivity contribution < 1.29 is 38.9 Å². The van der Waals surface area contributed by atoms with Gasteiger partial charge in [0.25, 0.3) is 17.7 Å². The minimum Gasteiger partial charge on any atom is -0.386 e. The Morgan fingerprint density at radius 3 is 2.26 bits per heavy atom. The lowest BCUT2D eigenvalue weighted by Crippen LogP contribution is -2.40. The molecule has 2 aliphatic rings. The van der Waals surface area contributed by atoms with Crippen molar-refractivity contribution in [3.05, 3.63) is 112 Å². The maximum atomic E-state index is 14.2. The number of carbonyl (C=O) groups is 5. The Balaban J connectivity index is 1.13. The first-order valence-corrected chi connectivity index (χ1v) is 28.0. The monoisotopic (exact) mass is 1110 g/mol. The Morgan fingerprint density at radius 2 is 1.53 bits per heavy atom. The maximum Gasteiger partial charge on any atom is 0.271 e. The van der Waals surface area contributed by atoms with Gasteiger partial charge in [0.05, 0.1) is 48.0 Å². The van der Waals surface area contributed by atoms with Gasteiger partial charge in [-0.1, -0.05) is 55.9 Å². The van der Waals surface area contributed by atoms with Crippen LogP contribution in [0.4, 0.5) is 0 Å². The van der Waals surface area contributed by atoms with E-state index in [0.29, 0.717) is 73.7 Å². The summed E-state index contributed by atoms with van der Waals surface area (Å²) >= 11 is 7.22. The van der Waals surface area contributed by atoms with Crippen molar-refractivity contribution in [3.63, 3.8) is 0 Å². The van der Waals surface area contributed by atoms with Crippen molar-refractivity contribution in [1.29, 1.82) is 0 Å². The number of aliphatic hydroxyl groups is 2. The number of aryl methyl sites for hydroxylation is 1. The summed E-state index contributed by atoms with van der Waals surface area (Å²) in [5.74, 6) is -4.73. The van der Waals surface area contributed by atoms with Crippen LogP contribution in [0.25, 0.3) is 32.7 Å². The second kappa shape index (κ2) is 22.3. The number of ether oxygens (including phenoxy) is 1. The fourth-order valence-electron chi connectivity index (χ4n) is 7.74. The molecule has 21 nitrogen and oxygen atoms in total.